The van der Waals surface area contributed by atoms with Gasteiger partial charge in [-0.1, -0.05) is 6.92 Å². The van der Waals surface area contributed by atoms with E-state index in [9.17, 15) is 4.79 Å². The SMILES string of the molecule is CCc1nn(C)cc1CNC(=O)c1cc(NC)ccn1. The molecule has 0 unspecified atom stereocenters. The highest BCUT2D eigenvalue weighted by Gasteiger charge is 2.10. The van der Waals surface area contributed by atoms with Crippen molar-refractivity contribution in [2.24, 2.45) is 7.05 Å². The van der Waals surface area contributed by atoms with Crippen molar-refractivity contribution in [1.82, 2.24) is 20.1 Å². The van der Waals surface area contributed by atoms with E-state index in [0.717, 1.165) is 23.4 Å². The smallest absolute Gasteiger partial charge is 0.270 e. The Kier molecular flexibility index (Phi) is 4.34. The van der Waals surface area contributed by atoms with Crippen LogP contribution in [0.3, 0.4) is 0 Å². The van der Waals surface area contributed by atoms with Crippen LogP contribution in [0.4, 0.5) is 5.69 Å². The van der Waals surface area contributed by atoms with Gasteiger partial charge in [-0.2, -0.15) is 5.10 Å². The summed E-state index contributed by atoms with van der Waals surface area (Å²) < 4.78 is 1.76. The van der Waals surface area contributed by atoms with Gasteiger partial charge in [0.15, 0.2) is 0 Å². The zero-order valence-electron chi connectivity index (χ0n) is 12.0. The van der Waals surface area contributed by atoms with Crippen molar-refractivity contribution in [3.8, 4) is 0 Å². The number of rotatable bonds is 5. The quantitative estimate of drug-likeness (QED) is 0.862. The first-order chi connectivity index (χ1) is 9.63. The molecule has 0 aliphatic rings. The summed E-state index contributed by atoms with van der Waals surface area (Å²) in [6.45, 7) is 2.51. The van der Waals surface area contributed by atoms with Gasteiger partial charge in [0, 0.05) is 44.3 Å². The van der Waals surface area contributed by atoms with Crippen LogP contribution >= 0.6 is 0 Å². The summed E-state index contributed by atoms with van der Waals surface area (Å²) in [6, 6.07) is 3.53. The molecule has 0 saturated carbocycles. The molecule has 0 saturated heterocycles. The van der Waals surface area contributed by atoms with E-state index in [0.29, 0.717) is 12.2 Å². The molecule has 2 rings (SSSR count). The van der Waals surface area contributed by atoms with Gasteiger partial charge in [0.2, 0.25) is 0 Å². The number of anilines is 1. The topological polar surface area (TPSA) is 71.8 Å². The van der Waals surface area contributed by atoms with Crippen LogP contribution in [0.15, 0.2) is 24.5 Å². The minimum absolute atomic E-state index is 0.187. The Bertz CT molecular complexity index is 605. The minimum Gasteiger partial charge on any atom is -0.388 e. The molecule has 2 heterocycles. The number of pyridine rings is 1. The molecule has 0 radical (unpaired) electrons. The van der Waals surface area contributed by atoms with Crippen molar-refractivity contribution in [3.05, 3.63) is 41.5 Å². The van der Waals surface area contributed by atoms with Crippen molar-refractivity contribution >= 4 is 11.6 Å². The summed E-state index contributed by atoms with van der Waals surface area (Å²) in [5.74, 6) is -0.187. The third-order valence-electron chi connectivity index (χ3n) is 3.05. The van der Waals surface area contributed by atoms with E-state index in [1.807, 2.05) is 26.2 Å². The number of aryl methyl sites for hydroxylation is 2. The third kappa shape index (κ3) is 3.14. The van der Waals surface area contributed by atoms with Crippen LogP contribution in [-0.4, -0.2) is 27.7 Å². The van der Waals surface area contributed by atoms with Gasteiger partial charge in [-0.05, 0) is 18.6 Å². The third-order valence-corrected chi connectivity index (χ3v) is 3.05. The molecular formula is C14H19N5O. The van der Waals surface area contributed by atoms with Crippen LogP contribution in [0, 0.1) is 0 Å². The largest absolute Gasteiger partial charge is 0.388 e. The number of aromatic nitrogens is 3. The summed E-state index contributed by atoms with van der Waals surface area (Å²) in [4.78, 5) is 16.1. The van der Waals surface area contributed by atoms with Gasteiger partial charge in [-0.15, -0.1) is 0 Å². The monoisotopic (exact) mass is 273 g/mol. The fourth-order valence-corrected chi connectivity index (χ4v) is 2.01. The molecule has 6 heteroatoms. The number of carbonyl (C=O) groups excluding carboxylic acids is 1. The Morgan fingerprint density at radius 2 is 2.25 bits per heavy atom. The molecule has 0 aliphatic carbocycles. The fraction of sp³-hybridized carbons (Fsp3) is 0.357. The molecule has 1 amide bonds. The number of amides is 1. The molecule has 6 nitrogen and oxygen atoms in total. The molecule has 0 aromatic carbocycles. The van der Waals surface area contributed by atoms with Gasteiger partial charge < -0.3 is 10.6 Å². The van der Waals surface area contributed by atoms with Gasteiger partial charge in [-0.3, -0.25) is 14.5 Å². The second-order valence-corrected chi connectivity index (χ2v) is 4.49. The number of carbonyl (C=O) groups is 1. The average Bonchev–Trinajstić information content (AvgIpc) is 2.85. The molecule has 20 heavy (non-hydrogen) atoms. The molecule has 106 valence electrons. The van der Waals surface area contributed by atoms with Crippen molar-refractivity contribution in [2.75, 3.05) is 12.4 Å². The Morgan fingerprint density at radius 1 is 1.45 bits per heavy atom. The summed E-state index contributed by atoms with van der Waals surface area (Å²) in [5, 5.41) is 10.2. The molecule has 2 aromatic rings. The second kappa shape index (κ2) is 6.18. The molecule has 0 fully saturated rings. The molecule has 2 aromatic heterocycles. The predicted molar refractivity (Wildman–Crippen MR) is 77.5 cm³/mol. The molecular weight excluding hydrogens is 254 g/mol. The van der Waals surface area contributed by atoms with E-state index in [-0.39, 0.29) is 5.91 Å². The number of hydrogen-bond acceptors (Lipinski definition) is 4. The Balaban J connectivity index is 2.04. The first-order valence-corrected chi connectivity index (χ1v) is 6.57. The van der Waals surface area contributed by atoms with E-state index in [1.54, 1.807) is 24.0 Å². The van der Waals surface area contributed by atoms with E-state index >= 15 is 0 Å². The van der Waals surface area contributed by atoms with Crippen LogP contribution in [0.5, 0.6) is 0 Å². The lowest BCUT2D eigenvalue weighted by Crippen LogP contribution is -2.24. The van der Waals surface area contributed by atoms with Crippen LogP contribution in [0.25, 0.3) is 0 Å². The van der Waals surface area contributed by atoms with Crippen molar-refractivity contribution in [2.45, 2.75) is 19.9 Å². The lowest BCUT2D eigenvalue weighted by atomic mass is 10.2. The maximum Gasteiger partial charge on any atom is 0.270 e. The molecule has 0 atom stereocenters. The standard InChI is InChI=1S/C14H19N5O/c1-4-12-10(9-19(3)18-12)8-17-14(20)13-7-11(15-2)5-6-16-13/h5-7,9H,4,8H2,1-3H3,(H,15,16)(H,17,20). The zero-order chi connectivity index (χ0) is 14.5. The van der Waals surface area contributed by atoms with Crippen molar-refractivity contribution in [3.63, 3.8) is 0 Å². The fourth-order valence-electron chi connectivity index (χ4n) is 2.01. The highest BCUT2D eigenvalue weighted by molar-refractivity contribution is 5.93. The highest BCUT2D eigenvalue weighted by Crippen LogP contribution is 2.09. The first-order valence-electron chi connectivity index (χ1n) is 6.57. The Morgan fingerprint density at radius 3 is 2.95 bits per heavy atom. The summed E-state index contributed by atoms with van der Waals surface area (Å²) >= 11 is 0. The van der Waals surface area contributed by atoms with Gasteiger partial charge in [0.05, 0.1) is 5.69 Å². The summed E-state index contributed by atoms with van der Waals surface area (Å²) in [7, 11) is 3.68. The van der Waals surface area contributed by atoms with E-state index in [1.165, 1.54) is 0 Å². The minimum atomic E-state index is -0.187. The van der Waals surface area contributed by atoms with E-state index < -0.39 is 0 Å². The average molecular weight is 273 g/mol. The van der Waals surface area contributed by atoms with Crippen LogP contribution in [0.1, 0.15) is 28.7 Å². The maximum absolute atomic E-state index is 12.1. The Hall–Kier alpha value is -2.37. The second-order valence-electron chi connectivity index (χ2n) is 4.49. The lowest BCUT2D eigenvalue weighted by molar-refractivity contribution is 0.0946. The molecule has 0 bridgehead atoms. The zero-order valence-corrected chi connectivity index (χ0v) is 12.0. The van der Waals surface area contributed by atoms with E-state index in [2.05, 4.69) is 20.7 Å². The van der Waals surface area contributed by atoms with Gasteiger partial charge in [0.1, 0.15) is 5.69 Å². The first kappa shape index (κ1) is 14.0. The predicted octanol–water partition coefficient (Wildman–Crippen LogP) is 1.35. The number of nitrogens with zero attached hydrogens (tertiary/aromatic N) is 3. The van der Waals surface area contributed by atoms with Crippen LogP contribution in [0.2, 0.25) is 0 Å². The number of hydrogen-bond donors (Lipinski definition) is 2. The lowest BCUT2D eigenvalue weighted by Gasteiger charge is -2.06. The van der Waals surface area contributed by atoms with Crippen molar-refractivity contribution in [1.29, 1.82) is 0 Å². The Labute approximate surface area is 118 Å². The summed E-state index contributed by atoms with van der Waals surface area (Å²) in [5.41, 5.74) is 3.30. The van der Waals surface area contributed by atoms with Gasteiger partial charge in [-0.25, -0.2) is 0 Å². The van der Waals surface area contributed by atoms with Crippen LogP contribution in [-0.2, 0) is 20.0 Å². The van der Waals surface area contributed by atoms with Gasteiger partial charge >= 0.3 is 0 Å². The number of nitrogens with one attached hydrogen (secondary N) is 2. The maximum atomic E-state index is 12.1. The highest BCUT2D eigenvalue weighted by atomic mass is 16.1. The molecule has 2 N–H and O–H groups in total. The molecule has 0 aliphatic heterocycles. The van der Waals surface area contributed by atoms with Crippen LogP contribution < -0.4 is 10.6 Å². The van der Waals surface area contributed by atoms with Crippen molar-refractivity contribution < 1.29 is 4.79 Å². The van der Waals surface area contributed by atoms with Gasteiger partial charge in [0.25, 0.3) is 5.91 Å². The normalized spacial score (nSPS) is 10.3. The summed E-state index contributed by atoms with van der Waals surface area (Å²) in [6.07, 6.45) is 4.39. The molecule has 0 spiro atoms. The van der Waals surface area contributed by atoms with E-state index in [4.69, 9.17) is 0 Å².